The lowest BCUT2D eigenvalue weighted by molar-refractivity contribution is 0.497. The second-order valence-electron chi connectivity index (χ2n) is 6.94. The van der Waals surface area contributed by atoms with Gasteiger partial charge in [0, 0.05) is 48.4 Å². The molecule has 3 aromatic rings. The number of hydrogen-bond donors (Lipinski definition) is 1. The molecule has 26 heavy (non-hydrogen) atoms. The van der Waals surface area contributed by atoms with E-state index in [-0.39, 0.29) is 0 Å². The van der Waals surface area contributed by atoms with Gasteiger partial charge in [0.25, 0.3) is 0 Å². The van der Waals surface area contributed by atoms with Crippen LogP contribution in [-0.4, -0.2) is 43.0 Å². The number of nitrogens with zero attached hydrogens (tertiary/aromatic N) is 6. The minimum atomic E-state index is 0.357. The molecule has 3 aromatic heterocycles. The summed E-state index contributed by atoms with van der Waals surface area (Å²) in [7, 11) is 0. The fourth-order valence-corrected chi connectivity index (χ4v) is 3.50. The minimum Gasteiger partial charge on any atom is -0.356 e. The molecule has 1 saturated heterocycles. The molecule has 134 valence electrons. The van der Waals surface area contributed by atoms with E-state index in [4.69, 9.17) is 4.98 Å². The Hall–Kier alpha value is -2.83. The number of hydrogen-bond acceptors (Lipinski definition) is 6. The van der Waals surface area contributed by atoms with Gasteiger partial charge in [0.15, 0.2) is 5.82 Å². The molecule has 1 fully saturated rings. The van der Waals surface area contributed by atoms with Gasteiger partial charge in [-0.05, 0) is 39.7 Å². The van der Waals surface area contributed by atoms with Crippen molar-refractivity contribution in [3.63, 3.8) is 0 Å². The zero-order valence-corrected chi connectivity index (χ0v) is 15.4. The van der Waals surface area contributed by atoms with Crippen LogP contribution in [0.4, 0.5) is 5.82 Å². The Morgan fingerprint density at radius 1 is 1.08 bits per heavy atom. The maximum absolute atomic E-state index is 4.72. The normalized spacial score (nSPS) is 17.5. The van der Waals surface area contributed by atoms with Crippen molar-refractivity contribution in [3.05, 3.63) is 47.6 Å². The quantitative estimate of drug-likeness (QED) is 0.783. The van der Waals surface area contributed by atoms with E-state index in [1.165, 1.54) is 0 Å². The molecule has 7 nitrogen and oxygen atoms in total. The van der Waals surface area contributed by atoms with Crippen molar-refractivity contribution in [1.82, 2.24) is 29.9 Å². The second-order valence-corrected chi connectivity index (χ2v) is 6.94. The van der Waals surface area contributed by atoms with Gasteiger partial charge in [0.2, 0.25) is 0 Å². The van der Waals surface area contributed by atoms with Crippen LogP contribution in [0.15, 0.2) is 24.7 Å². The Morgan fingerprint density at radius 3 is 2.73 bits per heavy atom. The molecular formula is C19H23N7. The van der Waals surface area contributed by atoms with Crippen molar-refractivity contribution in [2.75, 3.05) is 18.0 Å². The average Bonchev–Trinajstić information content (AvgIpc) is 3.08. The summed E-state index contributed by atoms with van der Waals surface area (Å²) in [5.74, 6) is 2.93. The summed E-state index contributed by atoms with van der Waals surface area (Å²) in [6.07, 6.45) is 5.70. The van der Waals surface area contributed by atoms with Crippen molar-refractivity contribution in [2.24, 2.45) is 0 Å². The van der Waals surface area contributed by atoms with Crippen LogP contribution in [0.3, 0.4) is 0 Å². The molecule has 1 aliphatic rings. The van der Waals surface area contributed by atoms with E-state index in [0.29, 0.717) is 5.92 Å². The summed E-state index contributed by atoms with van der Waals surface area (Å²) in [5.41, 5.74) is 3.96. The van der Waals surface area contributed by atoms with E-state index in [9.17, 15) is 0 Å². The first-order valence-electron chi connectivity index (χ1n) is 8.99. The molecule has 0 unspecified atom stereocenters. The van der Waals surface area contributed by atoms with Crippen molar-refractivity contribution >= 4 is 5.82 Å². The Morgan fingerprint density at radius 2 is 1.96 bits per heavy atom. The molecule has 0 aromatic carbocycles. The minimum absolute atomic E-state index is 0.357. The Kier molecular flexibility index (Phi) is 4.36. The monoisotopic (exact) mass is 349 g/mol. The summed E-state index contributed by atoms with van der Waals surface area (Å²) in [5, 5.41) is 0. The van der Waals surface area contributed by atoms with Crippen molar-refractivity contribution < 1.29 is 0 Å². The van der Waals surface area contributed by atoms with Crippen LogP contribution in [0.1, 0.15) is 41.7 Å². The summed E-state index contributed by atoms with van der Waals surface area (Å²) in [4.78, 5) is 27.9. The van der Waals surface area contributed by atoms with Crippen LogP contribution in [0.5, 0.6) is 0 Å². The molecule has 0 aliphatic carbocycles. The van der Waals surface area contributed by atoms with Gasteiger partial charge >= 0.3 is 0 Å². The number of anilines is 1. The smallest absolute Gasteiger partial charge is 0.156 e. The molecule has 4 heterocycles. The van der Waals surface area contributed by atoms with Crippen LogP contribution < -0.4 is 4.90 Å². The van der Waals surface area contributed by atoms with Crippen LogP contribution in [0.2, 0.25) is 0 Å². The van der Waals surface area contributed by atoms with Gasteiger partial charge < -0.3 is 9.88 Å². The number of aryl methyl sites for hydroxylation is 3. The molecule has 4 rings (SSSR count). The molecule has 0 amide bonds. The van der Waals surface area contributed by atoms with Gasteiger partial charge in [-0.1, -0.05) is 0 Å². The maximum Gasteiger partial charge on any atom is 0.156 e. The third-order valence-electron chi connectivity index (χ3n) is 4.76. The highest BCUT2D eigenvalue weighted by molar-refractivity contribution is 5.50. The molecule has 0 saturated carbocycles. The highest BCUT2D eigenvalue weighted by Gasteiger charge is 2.24. The molecular weight excluding hydrogens is 326 g/mol. The number of piperidine rings is 1. The van der Waals surface area contributed by atoms with Gasteiger partial charge in [-0.2, -0.15) is 0 Å². The summed E-state index contributed by atoms with van der Waals surface area (Å²) in [6, 6.07) is 4.12. The van der Waals surface area contributed by atoms with E-state index < -0.39 is 0 Å². The van der Waals surface area contributed by atoms with E-state index in [1.54, 1.807) is 6.33 Å². The SMILES string of the molecule is Cc1cc(N2CCC[C@H](c3cc(-c4ncc(C)[nH]4)nc(C)n3)C2)ncn1. The first-order valence-corrected chi connectivity index (χ1v) is 8.99. The largest absolute Gasteiger partial charge is 0.356 e. The van der Waals surface area contributed by atoms with Gasteiger partial charge in [0.05, 0.1) is 0 Å². The fraction of sp³-hybridized carbons (Fsp3) is 0.421. The van der Waals surface area contributed by atoms with E-state index in [0.717, 1.165) is 66.2 Å². The molecule has 1 aliphatic heterocycles. The number of aromatic amines is 1. The number of nitrogens with one attached hydrogen (secondary N) is 1. The molecule has 0 spiro atoms. The lowest BCUT2D eigenvalue weighted by Crippen LogP contribution is -2.35. The number of imidazole rings is 1. The fourth-order valence-electron chi connectivity index (χ4n) is 3.50. The van der Waals surface area contributed by atoms with Gasteiger partial charge in [-0.25, -0.2) is 24.9 Å². The molecule has 1 N–H and O–H groups in total. The number of aromatic nitrogens is 6. The van der Waals surface area contributed by atoms with Crippen LogP contribution >= 0.6 is 0 Å². The molecule has 1 atom stereocenters. The van der Waals surface area contributed by atoms with Crippen LogP contribution in [0, 0.1) is 20.8 Å². The Balaban J connectivity index is 1.61. The summed E-state index contributed by atoms with van der Waals surface area (Å²) in [6.45, 7) is 7.86. The third kappa shape index (κ3) is 3.42. The topological polar surface area (TPSA) is 83.5 Å². The molecule has 7 heteroatoms. The number of H-pyrrole nitrogens is 1. The Bertz CT molecular complexity index is 918. The van der Waals surface area contributed by atoms with Crippen molar-refractivity contribution in [2.45, 2.75) is 39.5 Å². The molecule has 0 radical (unpaired) electrons. The van der Waals surface area contributed by atoms with Crippen LogP contribution in [-0.2, 0) is 0 Å². The van der Waals surface area contributed by atoms with Crippen LogP contribution in [0.25, 0.3) is 11.5 Å². The highest BCUT2D eigenvalue weighted by Crippen LogP contribution is 2.29. The van der Waals surface area contributed by atoms with Crippen molar-refractivity contribution in [3.8, 4) is 11.5 Å². The van der Waals surface area contributed by atoms with Crippen molar-refractivity contribution in [1.29, 1.82) is 0 Å². The lowest BCUT2D eigenvalue weighted by Gasteiger charge is -2.33. The van der Waals surface area contributed by atoms with E-state index in [1.807, 2.05) is 33.0 Å². The number of rotatable bonds is 3. The van der Waals surface area contributed by atoms with E-state index in [2.05, 4.69) is 35.9 Å². The van der Waals surface area contributed by atoms with Gasteiger partial charge in [-0.15, -0.1) is 0 Å². The first kappa shape index (κ1) is 16.6. The Labute approximate surface area is 153 Å². The maximum atomic E-state index is 4.72. The first-order chi connectivity index (χ1) is 12.6. The predicted molar refractivity (Wildman–Crippen MR) is 100 cm³/mol. The lowest BCUT2D eigenvalue weighted by atomic mass is 9.94. The summed E-state index contributed by atoms with van der Waals surface area (Å²) >= 11 is 0. The predicted octanol–water partition coefficient (Wildman–Crippen LogP) is 2.97. The third-order valence-corrected chi connectivity index (χ3v) is 4.76. The van der Waals surface area contributed by atoms with E-state index >= 15 is 0 Å². The van der Waals surface area contributed by atoms with Gasteiger partial charge in [0.1, 0.15) is 23.7 Å². The zero-order valence-electron chi connectivity index (χ0n) is 15.4. The second kappa shape index (κ2) is 6.82. The standard InChI is InChI=1S/C19H23N7/c1-12-7-18(22-11-21-12)26-6-4-5-15(10-26)16-8-17(25-14(3)24-16)19-20-9-13(2)23-19/h7-9,11,15H,4-6,10H2,1-3H3,(H,20,23)/t15-/m0/s1. The zero-order chi connectivity index (χ0) is 18.1. The molecule has 0 bridgehead atoms. The van der Waals surface area contributed by atoms with Gasteiger partial charge in [-0.3, -0.25) is 0 Å². The summed E-state index contributed by atoms with van der Waals surface area (Å²) < 4.78 is 0. The average molecular weight is 349 g/mol. The highest BCUT2D eigenvalue weighted by atomic mass is 15.2.